The molecule has 0 bridgehead atoms. The summed E-state index contributed by atoms with van der Waals surface area (Å²) in [6.45, 7) is 3.50. The quantitative estimate of drug-likeness (QED) is 0.821. The van der Waals surface area contributed by atoms with E-state index < -0.39 is 23.4 Å². The Balaban J connectivity index is 2.66. The summed E-state index contributed by atoms with van der Waals surface area (Å²) in [6, 6.07) is 8.78. The highest BCUT2D eigenvalue weighted by Gasteiger charge is 2.36. The SMILES string of the molecule is CCOC(=O)C(C#N)C(c1ccccc1Cl)c1c(C)[nH][nH]c1=O. The summed E-state index contributed by atoms with van der Waals surface area (Å²) in [6.07, 6.45) is 0. The maximum absolute atomic E-state index is 12.2. The highest BCUT2D eigenvalue weighted by Crippen LogP contribution is 2.36. The number of H-pyrrole nitrogens is 2. The summed E-state index contributed by atoms with van der Waals surface area (Å²) in [7, 11) is 0. The van der Waals surface area contributed by atoms with Crippen LogP contribution in [0.25, 0.3) is 0 Å². The van der Waals surface area contributed by atoms with Gasteiger partial charge in [0.1, 0.15) is 0 Å². The molecule has 0 fully saturated rings. The summed E-state index contributed by atoms with van der Waals surface area (Å²) in [5, 5.41) is 15.1. The van der Waals surface area contributed by atoms with Crippen LogP contribution >= 0.6 is 11.6 Å². The molecule has 0 saturated heterocycles. The van der Waals surface area contributed by atoms with Crippen molar-refractivity contribution in [3.05, 3.63) is 56.5 Å². The summed E-state index contributed by atoms with van der Waals surface area (Å²) in [4.78, 5) is 24.4. The fourth-order valence-corrected chi connectivity index (χ4v) is 2.81. The molecule has 6 nitrogen and oxygen atoms in total. The predicted molar refractivity (Wildman–Crippen MR) is 85.2 cm³/mol. The molecule has 1 heterocycles. The predicted octanol–water partition coefficient (Wildman–Crippen LogP) is 2.50. The molecule has 0 spiro atoms. The maximum Gasteiger partial charge on any atom is 0.324 e. The summed E-state index contributed by atoms with van der Waals surface area (Å²) < 4.78 is 4.99. The first-order valence-electron chi connectivity index (χ1n) is 7.09. The van der Waals surface area contributed by atoms with Crippen molar-refractivity contribution in [3.63, 3.8) is 0 Å². The first-order chi connectivity index (χ1) is 11.0. The Bertz CT molecular complexity index is 803. The molecule has 7 heteroatoms. The average molecular weight is 334 g/mol. The molecule has 0 aliphatic carbocycles. The lowest BCUT2D eigenvalue weighted by atomic mass is 9.81. The van der Waals surface area contributed by atoms with Crippen LogP contribution in [0.1, 0.15) is 29.7 Å². The lowest BCUT2D eigenvalue weighted by Gasteiger charge is -2.21. The number of aromatic amines is 2. The van der Waals surface area contributed by atoms with E-state index in [4.69, 9.17) is 16.3 Å². The van der Waals surface area contributed by atoms with Crippen molar-refractivity contribution >= 4 is 17.6 Å². The number of carbonyl (C=O) groups is 1. The third-order valence-electron chi connectivity index (χ3n) is 3.58. The number of nitrogens with one attached hydrogen (secondary N) is 2. The molecule has 0 saturated carbocycles. The van der Waals surface area contributed by atoms with Gasteiger partial charge in [-0.2, -0.15) is 5.26 Å². The van der Waals surface area contributed by atoms with Crippen LogP contribution in [0.3, 0.4) is 0 Å². The maximum atomic E-state index is 12.2. The summed E-state index contributed by atoms with van der Waals surface area (Å²) >= 11 is 6.24. The van der Waals surface area contributed by atoms with Crippen molar-refractivity contribution in [1.29, 1.82) is 5.26 Å². The summed E-state index contributed by atoms with van der Waals surface area (Å²) in [5.74, 6) is -2.67. The van der Waals surface area contributed by atoms with Gasteiger partial charge in [0, 0.05) is 22.2 Å². The lowest BCUT2D eigenvalue weighted by molar-refractivity contribution is -0.146. The number of hydrogen-bond donors (Lipinski definition) is 2. The zero-order chi connectivity index (χ0) is 17.0. The van der Waals surface area contributed by atoms with E-state index in [1.165, 1.54) is 0 Å². The second kappa shape index (κ2) is 7.16. The van der Waals surface area contributed by atoms with E-state index in [1.54, 1.807) is 38.1 Å². The first-order valence-corrected chi connectivity index (χ1v) is 7.46. The van der Waals surface area contributed by atoms with E-state index in [0.717, 1.165) is 0 Å². The molecular formula is C16H16ClN3O3. The van der Waals surface area contributed by atoms with Crippen LogP contribution in [0.2, 0.25) is 5.02 Å². The van der Waals surface area contributed by atoms with E-state index >= 15 is 0 Å². The van der Waals surface area contributed by atoms with Crippen LogP contribution in [0.5, 0.6) is 0 Å². The number of halogens is 1. The molecular weight excluding hydrogens is 318 g/mol. The Morgan fingerprint density at radius 3 is 2.61 bits per heavy atom. The van der Waals surface area contributed by atoms with Crippen LogP contribution in [0.4, 0.5) is 0 Å². The number of nitrogens with zero attached hydrogens (tertiary/aromatic N) is 1. The zero-order valence-electron chi connectivity index (χ0n) is 12.7. The Labute approximate surface area is 138 Å². The molecule has 2 aromatic rings. The molecule has 2 N–H and O–H groups in total. The molecule has 0 aliphatic heterocycles. The lowest BCUT2D eigenvalue weighted by Crippen LogP contribution is -2.28. The number of aromatic nitrogens is 2. The van der Waals surface area contributed by atoms with Crippen molar-refractivity contribution < 1.29 is 9.53 Å². The highest BCUT2D eigenvalue weighted by molar-refractivity contribution is 6.31. The van der Waals surface area contributed by atoms with Crippen molar-refractivity contribution in [2.24, 2.45) is 5.92 Å². The molecule has 2 unspecified atom stereocenters. The molecule has 2 rings (SSSR count). The first kappa shape index (κ1) is 16.8. The van der Waals surface area contributed by atoms with Gasteiger partial charge in [-0.25, -0.2) is 0 Å². The summed E-state index contributed by atoms with van der Waals surface area (Å²) in [5.41, 5.74) is 0.987. The Morgan fingerprint density at radius 2 is 2.09 bits per heavy atom. The average Bonchev–Trinajstić information content (AvgIpc) is 2.85. The topological polar surface area (TPSA) is 98.7 Å². The van der Waals surface area contributed by atoms with E-state index in [-0.39, 0.29) is 6.61 Å². The minimum absolute atomic E-state index is 0.148. The molecule has 23 heavy (non-hydrogen) atoms. The highest BCUT2D eigenvalue weighted by atomic mass is 35.5. The second-order valence-electron chi connectivity index (χ2n) is 4.98. The van der Waals surface area contributed by atoms with Crippen LogP contribution in [0, 0.1) is 24.2 Å². The number of aryl methyl sites for hydroxylation is 1. The fraction of sp³-hybridized carbons (Fsp3) is 0.312. The van der Waals surface area contributed by atoms with Gasteiger partial charge in [0.05, 0.1) is 12.7 Å². The molecule has 1 aromatic carbocycles. The van der Waals surface area contributed by atoms with Crippen molar-refractivity contribution in [2.45, 2.75) is 19.8 Å². The van der Waals surface area contributed by atoms with Gasteiger partial charge < -0.3 is 9.84 Å². The molecule has 0 aliphatic rings. The van der Waals surface area contributed by atoms with Gasteiger partial charge in [-0.3, -0.25) is 14.7 Å². The number of hydrogen-bond acceptors (Lipinski definition) is 4. The van der Waals surface area contributed by atoms with Gasteiger partial charge in [-0.1, -0.05) is 29.8 Å². The van der Waals surface area contributed by atoms with Gasteiger partial charge in [0.2, 0.25) is 0 Å². The van der Waals surface area contributed by atoms with Crippen molar-refractivity contribution in [2.75, 3.05) is 6.61 Å². The minimum atomic E-state index is -1.18. The number of ether oxygens (including phenoxy) is 1. The van der Waals surface area contributed by atoms with Gasteiger partial charge in [0.25, 0.3) is 5.56 Å². The number of rotatable bonds is 5. The van der Waals surface area contributed by atoms with Crippen LogP contribution in [0.15, 0.2) is 29.1 Å². The van der Waals surface area contributed by atoms with Crippen molar-refractivity contribution in [1.82, 2.24) is 10.2 Å². The van der Waals surface area contributed by atoms with Gasteiger partial charge in [0.15, 0.2) is 5.92 Å². The minimum Gasteiger partial charge on any atom is -0.465 e. The molecule has 0 amide bonds. The largest absolute Gasteiger partial charge is 0.465 e. The fourth-order valence-electron chi connectivity index (χ4n) is 2.55. The Kier molecular flexibility index (Phi) is 5.24. The monoisotopic (exact) mass is 333 g/mol. The number of nitriles is 1. The number of benzene rings is 1. The standard InChI is InChI=1S/C16H16ClN3O3/c1-3-23-16(22)11(8-18)14(10-6-4-5-7-12(10)17)13-9(2)19-20-15(13)21/h4-7,11,14H,3H2,1-2H3,(H2,19,20,21). The van der Waals surface area contributed by atoms with E-state index in [1.807, 2.05) is 6.07 Å². The van der Waals surface area contributed by atoms with E-state index in [0.29, 0.717) is 21.8 Å². The molecule has 120 valence electrons. The van der Waals surface area contributed by atoms with Gasteiger partial charge >= 0.3 is 5.97 Å². The number of carbonyl (C=O) groups excluding carboxylic acids is 1. The van der Waals surface area contributed by atoms with Gasteiger partial charge in [-0.05, 0) is 25.5 Å². The molecule has 1 aromatic heterocycles. The Hall–Kier alpha value is -2.52. The molecule has 2 atom stereocenters. The van der Waals surface area contributed by atoms with Gasteiger partial charge in [-0.15, -0.1) is 0 Å². The van der Waals surface area contributed by atoms with Crippen LogP contribution < -0.4 is 5.56 Å². The molecule has 0 radical (unpaired) electrons. The third kappa shape index (κ3) is 3.30. The van der Waals surface area contributed by atoms with Crippen molar-refractivity contribution in [3.8, 4) is 6.07 Å². The van der Waals surface area contributed by atoms with E-state index in [9.17, 15) is 14.9 Å². The normalized spacial score (nSPS) is 13.1. The van der Waals surface area contributed by atoms with E-state index in [2.05, 4.69) is 10.2 Å². The Morgan fingerprint density at radius 1 is 1.39 bits per heavy atom. The third-order valence-corrected chi connectivity index (χ3v) is 3.92. The second-order valence-corrected chi connectivity index (χ2v) is 5.38. The van der Waals surface area contributed by atoms with Crippen LogP contribution in [-0.2, 0) is 9.53 Å². The number of esters is 1. The van der Waals surface area contributed by atoms with Crippen LogP contribution in [-0.4, -0.2) is 22.8 Å². The smallest absolute Gasteiger partial charge is 0.324 e. The zero-order valence-corrected chi connectivity index (χ0v) is 13.5.